The van der Waals surface area contributed by atoms with Gasteiger partial charge in [0, 0.05) is 11.4 Å². The third kappa shape index (κ3) is 3.97. The van der Waals surface area contributed by atoms with Gasteiger partial charge in [0.25, 0.3) is 0 Å². The van der Waals surface area contributed by atoms with Crippen LogP contribution in [0, 0.1) is 0 Å². The van der Waals surface area contributed by atoms with Crippen molar-refractivity contribution in [2.75, 3.05) is 0 Å². The van der Waals surface area contributed by atoms with Crippen molar-refractivity contribution >= 4 is 17.6 Å². The van der Waals surface area contributed by atoms with E-state index in [-0.39, 0.29) is 11.4 Å². The molecule has 0 atom stereocenters. The molecule has 19 heavy (non-hydrogen) atoms. The van der Waals surface area contributed by atoms with Crippen molar-refractivity contribution in [1.82, 2.24) is 0 Å². The quantitative estimate of drug-likeness (QED) is 0.760. The molecule has 3 heteroatoms. The zero-order chi connectivity index (χ0) is 14.1. The van der Waals surface area contributed by atoms with Crippen molar-refractivity contribution in [3.8, 4) is 0 Å². The monoisotopic (exact) mass is 280 g/mol. The molecule has 0 saturated heterocycles. The molecule has 1 fully saturated rings. The summed E-state index contributed by atoms with van der Waals surface area (Å²) in [6, 6.07) is 7.99. The Bertz CT molecular complexity index is 453. The molecule has 0 aliphatic heterocycles. The number of halogens is 1. The molecule has 0 spiro atoms. The fourth-order valence-corrected chi connectivity index (χ4v) is 2.50. The van der Waals surface area contributed by atoms with E-state index in [1.807, 2.05) is 32.9 Å². The third-order valence-corrected chi connectivity index (χ3v) is 3.79. The molecule has 2 rings (SSSR count). The van der Waals surface area contributed by atoms with Gasteiger partial charge in [-0.3, -0.25) is 4.79 Å². The maximum atomic E-state index is 11.8. The number of rotatable bonds is 4. The molecule has 0 amide bonds. The summed E-state index contributed by atoms with van der Waals surface area (Å²) in [5, 5.41) is 0.756. The lowest BCUT2D eigenvalue weighted by atomic mass is 9.91. The van der Waals surface area contributed by atoms with Gasteiger partial charge < -0.3 is 4.74 Å². The van der Waals surface area contributed by atoms with Crippen molar-refractivity contribution in [2.45, 2.75) is 57.5 Å². The topological polar surface area (TPSA) is 26.3 Å². The van der Waals surface area contributed by atoms with Gasteiger partial charge in [0.1, 0.15) is 5.60 Å². The molecular weight excluding hydrogens is 260 g/mol. The predicted molar refractivity (Wildman–Crippen MR) is 77.4 cm³/mol. The third-order valence-electron chi connectivity index (χ3n) is 3.54. The number of ether oxygens (including phenoxy) is 1. The van der Waals surface area contributed by atoms with Crippen LogP contribution in [0.15, 0.2) is 24.3 Å². The average Bonchev–Trinajstić information content (AvgIpc) is 3.06. The van der Waals surface area contributed by atoms with E-state index < -0.39 is 5.60 Å². The van der Waals surface area contributed by atoms with Gasteiger partial charge in [0.15, 0.2) is 0 Å². The number of benzene rings is 1. The Morgan fingerprint density at radius 3 is 2.32 bits per heavy atom. The Morgan fingerprint density at radius 2 is 1.84 bits per heavy atom. The molecule has 0 heterocycles. The van der Waals surface area contributed by atoms with Gasteiger partial charge in [-0.25, -0.2) is 0 Å². The Kier molecular flexibility index (Phi) is 3.91. The minimum atomic E-state index is -0.395. The van der Waals surface area contributed by atoms with E-state index in [0.717, 1.165) is 24.3 Å². The highest BCUT2D eigenvalue weighted by atomic mass is 35.5. The van der Waals surface area contributed by atoms with Crippen molar-refractivity contribution < 1.29 is 9.53 Å². The first-order valence-corrected chi connectivity index (χ1v) is 7.16. The number of esters is 1. The predicted octanol–water partition coefficient (Wildman–Crippen LogP) is 4.49. The highest BCUT2D eigenvalue weighted by Gasteiger charge is 2.44. The van der Waals surface area contributed by atoms with Gasteiger partial charge in [-0.15, -0.1) is 0 Å². The van der Waals surface area contributed by atoms with E-state index in [2.05, 4.69) is 12.1 Å². The molecular formula is C16H21ClO2. The summed E-state index contributed by atoms with van der Waals surface area (Å²) in [6.45, 7) is 5.70. The summed E-state index contributed by atoms with van der Waals surface area (Å²) in [5.74, 6) is -0.104. The highest BCUT2D eigenvalue weighted by molar-refractivity contribution is 6.30. The van der Waals surface area contributed by atoms with Crippen molar-refractivity contribution in [3.05, 3.63) is 34.9 Å². The van der Waals surface area contributed by atoms with E-state index in [4.69, 9.17) is 16.3 Å². The van der Waals surface area contributed by atoms with E-state index in [9.17, 15) is 4.79 Å². The highest BCUT2D eigenvalue weighted by Crippen LogP contribution is 2.51. The first-order valence-electron chi connectivity index (χ1n) is 6.79. The fraction of sp³-hybridized carbons (Fsp3) is 0.562. The van der Waals surface area contributed by atoms with Crippen LogP contribution in [0.1, 0.15) is 52.0 Å². The first-order chi connectivity index (χ1) is 8.81. The second kappa shape index (κ2) is 5.16. The van der Waals surface area contributed by atoms with Crippen LogP contribution >= 0.6 is 11.6 Å². The molecule has 1 aliphatic carbocycles. The van der Waals surface area contributed by atoms with Gasteiger partial charge in [-0.2, -0.15) is 0 Å². The van der Waals surface area contributed by atoms with Crippen LogP contribution < -0.4 is 0 Å². The minimum Gasteiger partial charge on any atom is -0.460 e. The van der Waals surface area contributed by atoms with Crippen LogP contribution in [0.4, 0.5) is 0 Å². The van der Waals surface area contributed by atoms with Crippen LogP contribution in [0.5, 0.6) is 0 Å². The molecule has 2 nitrogen and oxygen atoms in total. The SMILES string of the molecule is CC(C)(C)OC(=O)CCC1(c2ccc(Cl)cc2)CC1. The maximum absolute atomic E-state index is 11.8. The summed E-state index contributed by atoms with van der Waals surface area (Å²) < 4.78 is 5.36. The van der Waals surface area contributed by atoms with Crippen LogP contribution in [0.3, 0.4) is 0 Å². The molecule has 0 unspecified atom stereocenters. The fourth-order valence-electron chi connectivity index (χ4n) is 2.37. The van der Waals surface area contributed by atoms with Gasteiger partial charge >= 0.3 is 5.97 Å². The van der Waals surface area contributed by atoms with Crippen LogP contribution in [-0.4, -0.2) is 11.6 Å². The summed E-state index contributed by atoms with van der Waals surface area (Å²) in [5.41, 5.74) is 1.08. The number of hydrogen-bond acceptors (Lipinski definition) is 2. The molecule has 104 valence electrons. The maximum Gasteiger partial charge on any atom is 0.306 e. The zero-order valence-corrected chi connectivity index (χ0v) is 12.6. The summed E-state index contributed by atoms with van der Waals surface area (Å²) in [7, 11) is 0. The van der Waals surface area contributed by atoms with Crippen LogP contribution in [0.2, 0.25) is 5.02 Å². The van der Waals surface area contributed by atoms with Crippen molar-refractivity contribution in [3.63, 3.8) is 0 Å². The van der Waals surface area contributed by atoms with Crippen molar-refractivity contribution in [2.24, 2.45) is 0 Å². The summed E-state index contributed by atoms with van der Waals surface area (Å²) in [6.07, 6.45) is 3.65. The van der Waals surface area contributed by atoms with Gasteiger partial charge in [0.05, 0.1) is 0 Å². The Hall–Kier alpha value is -1.02. The van der Waals surface area contributed by atoms with Gasteiger partial charge in [-0.1, -0.05) is 23.7 Å². The Balaban J connectivity index is 1.92. The standard InChI is InChI=1S/C16H21ClO2/c1-15(2,3)19-14(18)8-9-16(10-11-16)12-4-6-13(17)7-5-12/h4-7H,8-11H2,1-3H3. The lowest BCUT2D eigenvalue weighted by Gasteiger charge is -2.21. The number of carbonyl (C=O) groups excluding carboxylic acids is 1. The molecule has 0 N–H and O–H groups in total. The van der Waals surface area contributed by atoms with Crippen molar-refractivity contribution in [1.29, 1.82) is 0 Å². The molecule has 1 aromatic rings. The molecule has 0 bridgehead atoms. The summed E-state index contributed by atoms with van der Waals surface area (Å²) in [4.78, 5) is 11.8. The van der Waals surface area contributed by atoms with E-state index in [1.165, 1.54) is 5.56 Å². The average molecular weight is 281 g/mol. The van der Waals surface area contributed by atoms with E-state index in [1.54, 1.807) is 0 Å². The first kappa shape index (κ1) is 14.4. The zero-order valence-electron chi connectivity index (χ0n) is 11.8. The second-order valence-electron chi connectivity index (χ2n) is 6.37. The smallest absolute Gasteiger partial charge is 0.306 e. The molecule has 1 aromatic carbocycles. The largest absolute Gasteiger partial charge is 0.460 e. The minimum absolute atomic E-state index is 0.104. The Morgan fingerprint density at radius 1 is 1.26 bits per heavy atom. The van der Waals surface area contributed by atoms with Gasteiger partial charge in [0.2, 0.25) is 0 Å². The van der Waals surface area contributed by atoms with Crippen LogP contribution in [-0.2, 0) is 14.9 Å². The molecule has 0 aromatic heterocycles. The second-order valence-corrected chi connectivity index (χ2v) is 6.81. The number of hydrogen-bond donors (Lipinski definition) is 0. The normalized spacial score (nSPS) is 17.1. The molecule has 1 aliphatic rings. The number of carbonyl (C=O) groups is 1. The lowest BCUT2D eigenvalue weighted by Crippen LogP contribution is -2.24. The molecule has 0 radical (unpaired) electrons. The Labute approximate surface area is 120 Å². The van der Waals surface area contributed by atoms with Gasteiger partial charge in [-0.05, 0) is 63.1 Å². The van der Waals surface area contributed by atoms with E-state index in [0.29, 0.717) is 6.42 Å². The van der Waals surface area contributed by atoms with E-state index >= 15 is 0 Å². The molecule has 1 saturated carbocycles. The lowest BCUT2D eigenvalue weighted by molar-refractivity contribution is -0.155. The van der Waals surface area contributed by atoms with Crippen LogP contribution in [0.25, 0.3) is 0 Å². The summed E-state index contributed by atoms with van der Waals surface area (Å²) >= 11 is 5.91.